The molecule has 1 aliphatic rings. The largest absolute Gasteiger partial charge is 0.376 e. The molecule has 1 aromatic carbocycles. The summed E-state index contributed by atoms with van der Waals surface area (Å²) in [4.78, 5) is 0. The highest BCUT2D eigenvalue weighted by Gasteiger charge is 2.14. The lowest BCUT2D eigenvalue weighted by molar-refractivity contribution is 0.0889. The Morgan fingerprint density at radius 3 is 2.43 bits per heavy atom. The molecule has 0 bridgehead atoms. The fourth-order valence-electron chi connectivity index (χ4n) is 2.95. The Kier molecular flexibility index (Phi) is 7.25. The minimum atomic E-state index is 0.726. The van der Waals surface area contributed by atoms with Crippen molar-refractivity contribution < 1.29 is 4.74 Å². The van der Waals surface area contributed by atoms with Crippen LogP contribution < -0.4 is 5.32 Å². The SMILES string of the molecule is CC(C)CNCCc1ccc(COCC2CCCC2)cc1. The van der Waals surface area contributed by atoms with Crippen LogP contribution in [0.25, 0.3) is 0 Å². The van der Waals surface area contributed by atoms with E-state index in [4.69, 9.17) is 4.74 Å². The van der Waals surface area contributed by atoms with Gasteiger partial charge in [-0.25, -0.2) is 0 Å². The predicted octanol–water partition coefficient (Wildman–Crippen LogP) is 4.18. The number of hydrogen-bond donors (Lipinski definition) is 1. The van der Waals surface area contributed by atoms with Crippen LogP contribution in [0.4, 0.5) is 0 Å². The summed E-state index contributed by atoms with van der Waals surface area (Å²) >= 11 is 0. The van der Waals surface area contributed by atoms with E-state index in [2.05, 4.69) is 43.4 Å². The van der Waals surface area contributed by atoms with Crippen LogP contribution in [0.2, 0.25) is 0 Å². The van der Waals surface area contributed by atoms with Crippen molar-refractivity contribution in [3.8, 4) is 0 Å². The van der Waals surface area contributed by atoms with Gasteiger partial charge in [0.25, 0.3) is 0 Å². The molecule has 118 valence electrons. The highest BCUT2D eigenvalue weighted by Crippen LogP contribution is 2.24. The molecular formula is C19H31NO. The summed E-state index contributed by atoms with van der Waals surface area (Å²) in [7, 11) is 0. The highest BCUT2D eigenvalue weighted by molar-refractivity contribution is 5.22. The lowest BCUT2D eigenvalue weighted by atomic mass is 10.1. The second-order valence-corrected chi connectivity index (χ2v) is 6.83. The molecule has 1 N–H and O–H groups in total. The van der Waals surface area contributed by atoms with Crippen molar-refractivity contribution in [1.29, 1.82) is 0 Å². The van der Waals surface area contributed by atoms with E-state index in [-0.39, 0.29) is 0 Å². The van der Waals surface area contributed by atoms with Crippen LogP contribution >= 0.6 is 0 Å². The zero-order chi connectivity index (χ0) is 14.9. The lowest BCUT2D eigenvalue weighted by Crippen LogP contribution is -2.22. The monoisotopic (exact) mass is 289 g/mol. The third kappa shape index (κ3) is 6.62. The number of ether oxygens (including phenoxy) is 1. The average molecular weight is 289 g/mol. The Balaban J connectivity index is 1.61. The number of hydrogen-bond acceptors (Lipinski definition) is 2. The van der Waals surface area contributed by atoms with Gasteiger partial charge < -0.3 is 10.1 Å². The van der Waals surface area contributed by atoms with E-state index in [1.807, 2.05) is 0 Å². The van der Waals surface area contributed by atoms with Crippen molar-refractivity contribution in [2.24, 2.45) is 11.8 Å². The molecule has 0 radical (unpaired) electrons. The molecule has 1 saturated carbocycles. The van der Waals surface area contributed by atoms with E-state index in [9.17, 15) is 0 Å². The first-order valence-corrected chi connectivity index (χ1v) is 8.60. The van der Waals surface area contributed by atoms with E-state index in [1.165, 1.54) is 36.8 Å². The van der Waals surface area contributed by atoms with Gasteiger partial charge >= 0.3 is 0 Å². The van der Waals surface area contributed by atoms with Crippen LogP contribution in [0.3, 0.4) is 0 Å². The Hall–Kier alpha value is -0.860. The zero-order valence-corrected chi connectivity index (χ0v) is 13.7. The van der Waals surface area contributed by atoms with Crippen LogP contribution in [0.15, 0.2) is 24.3 Å². The Morgan fingerprint density at radius 2 is 1.76 bits per heavy atom. The standard InChI is InChI=1S/C19H31NO/c1-16(2)13-20-12-11-17-7-9-19(10-8-17)15-21-14-18-5-3-4-6-18/h7-10,16,18,20H,3-6,11-15H2,1-2H3. The Morgan fingerprint density at radius 1 is 1.10 bits per heavy atom. The maximum atomic E-state index is 5.86. The minimum absolute atomic E-state index is 0.726. The van der Waals surface area contributed by atoms with Crippen molar-refractivity contribution >= 4 is 0 Å². The molecule has 0 amide bonds. The summed E-state index contributed by atoms with van der Waals surface area (Å²) in [6.45, 7) is 8.37. The van der Waals surface area contributed by atoms with Gasteiger partial charge in [-0.15, -0.1) is 0 Å². The van der Waals surface area contributed by atoms with Crippen molar-refractivity contribution in [1.82, 2.24) is 5.32 Å². The molecule has 1 aliphatic carbocycles. The Labute approximate surface area is 130 Å². The molecule has 0 unspecified atom stereocenters. The molecule has 2 heteroatoms. The smallest absolute Gasteiger partial charge is 0.0717 e. The topological polar surface area (TPSA) is 21.3 Å². The van der Waals surface area contributed by atoms with Crippen molar-refractivity contribution in [3.63, 3.8) is 0 Å². The second-order valence-electron chi connectivity index (χ2n) is 6.83. The fraction of sp³-hybridized carbons (Fsp3) is 0.684. The predicted molar refractivity (Wildman–Crippen MR) is 89.5 cm³/mol. The van der Waals surface area contributed by atoms with E-state index in [0.717, 1.165) is 44.6 Å². The van der Waals surface area contributed by atoms with Crippen LogP contribution in [-0.4, -0.2) is 19.7 Å². The molecule has 0 saturated heterocycles. The van der Waals surface area contributed by atoms with Gasteiger partial charge in [-0.05, 0) is 55.3 Å². The van der Waals surface area contributed by atoms with Gasteiger partial charge in [0.05, 0.1) is 6.61 Å². The summed E-state index contributed by atoms with van der Waals surface area (Å²) in [5.74, 6) is 1.54. The third-order valence-electron chi connectivity index (χ3n) is 4.26. The quantitative estimate of drug-likeness (QED) is 0.689. The summed E-state index contributed by atoms with van der Waals surface area (Å²) in [6, 6.07) is 8.91. The molecule has 0 aliphatic heterocycles. The number of rotatable bonds is 9. The molecule has 0 heterocycles. The first-order chi connectivity index (χ1) is 10.2. The first kappa shape index (κ1) is 16.5. The molecule has 2 nitrogen and oxygen atoms in total. The van der Waals surface area contributed by atoms with Gasteiger partial charge in [0.15, 0.2) is 0 Å². The maximum Gasteiger partial charge on any atom is 0.0717 e. The molecule has 0 spiro atoms. The number of nitrogens with one attached hydrogen (secondary N) is 1. The first-order valence-electron chi connectivity index (χ1n) is 8.60. The van der Waals surface area contributed by atoms with Crippen LogP contribution in [0.1, 0.15) is 50.7 Å². The third-order valence-corrected chi connectivity index (χ3v) is 4.26. The molecule has 0 atom stereocenters. The molecule has 21 heavy (non-hydrogen) atoms. The molecular weight excluding hydrogens is 258 g/mol. The second kappa shape index (κ2) is 9.22. The zero-order valence-electron chi connectivity index (χ0n) is 13.7. The van der Waals surface area contributed by atoms with Gasteiger partial charge in [0.1, 0.15) is 0 Å². The van der Waals surface area contributed by atoms with Gasteiger partial charge in [0, 0.05) is 6.61 Å². The van der Waals surface area contributed by atoms with E-state index in [1.54, 1.807) is 0 Å². The number of benzene rings is 1. The minimum Gasteiger partial charge on any atom is -0.376 e. The van der Waals surface area contributed by atoms with Gasteiger partial charge in [-0.2, -0.15) is 0 Å². The lowest BCUT2D eigenvalue weighted by Gasteiger charge is -2.10. The van der Waals surface area contributed by atoms with E-state index < -0.39 is 0 Å². The van der Waals surface area contributed by atoms with Gasteiger partial charge in [0.2, 0.25) is 0 Å². The van der Waals surface area contributed by atoms with Crippen molar-refractivity contribution in [2.75, 3.05) is 19.7 Å². The van der Waals surface area contributed by atoms with Crippen LogP contribution in [-0.2, 0) is 17.8 Å². The van der Waals surface area contributed by atoms with E-state index in [0.29, 0.717) is 0 Å². The maximum absolute atomic E-state index is 5.86. The highest BCUT2D eigenvalue weighted by atomic mass is 16.5. The molecule has 2 rings (SSSR count). The van der Waals surface area contributed by atoms with Crippen LogP contribution in [0.5, 0.6) is 0 Å². The summed E-state index contributed by atoms with van der Waals surface area (Å²) in [5.41, 5.74) is 2.71. The Bertz CT molecular complexity index is 379. The fourth-order valence-corrected chi connectivity index (χ4v) is 2.95. The summed E-state index contributed by atoms with van der Waals surface area (Å²) in [5, 5.41) is 3.49. The molecule has 0 aromatic heterocycles. The van der Waals surface area contributed by atoms with E-state index >= 15 is 0 Å². The van der Waals surface area contributed by atoms with Crippen molar-refractivity contribution in [3.05, 3.63) is 35.4 Å². The average Bonchev–Trinajstić information content (AvgIpc) is 2.98. The van der Waals surface area contributed by atoms with Gasteiger partial charge in [-0.3, -0.25) is 0 Å². The molecule has 1 fully saturated rings. The normalized spacial score (nSPS) is 16.0. The van der Waals surface area contributed by atoms with Crippen LogP contribution in [0, 0.1) is 11.8 Å². The van der Waals surface area contributed by atoms with Gasteiger partial charge in [-0.1, -0.05) is 51.0 Å². The molecule has 1 aromatic rings. The summed E-state index contributed by atoms with van der Waals surface area (Å²) in [6.07, 6.45) is 6.63. The summed E-state index contributed by atoms with van der Waals surface area (Å²) < 4.78 is 5.86. The van der Waals surface area contributed by atoms with Crippen molar-refractivity contribution in [2.45, 2.75) is 52.6 Å².